The molecule has 0 spiro atoms. The maximum atomic E-state index is 13.2. The fraction of sp³-hybridized carbons (Fsp3) is 0.500. The highest BCUT2D eigenvalue weighted by molar-refractivity contribution is 6.05. The number of imide groups is 1. The molecule has 1 unspecified atom stereocenters. The Morgan fingerprint density at radius 1 is 1.19 bits per heavy atom. The summed E-state index contributed by atoms with van der Waals surface area (Å²) in [5, 5.41) is 6.62. The smallest absolute Gasteiger partial charge is 0.257 e. The Morgan fingerprint density at radius 3 is 2.78 bits per heavy atom. The normalized spacial score (nSPS) is 22.1. The van der Waals surface area contributed by atoms with Crippen LogP contribution in [0.5, 0.6) is 5.75 Å². The summed E-state index contributed by atoms with van der Waals surface area (Å²) in [6, 6.07) is 4.80. The molecule has 2 aromatic rings. The summed E-state index contributed by atoms with van der Waals surface area (Å²) in [5.74, 6) is -0.353. The highest BCUT2D eigenvalue weighted by Crippen LogP contribution is 2.30. The first-order chi connectivity index (χ1) is 17.3. The van der Waals surface area contributed by atoms with Crippen molar-refractivity contribution in [3.05, 3.63) is 47.3 Å². The molecule has 1 N–H and O–H groups in total. The summed E-state index contributed by atoms with van der Waals surface area (Å²) in [6.07, 6.45) is 6.82. The zero-order valence-electron chi connectivity index (χ0n) is 20.6. The lowest BCUT2D eigenvalue weighted by molar-refractivity contribution is -0.136. The molecule has 0 radical (unpaired) electrons. The van der Waals surface area contributed by atoms with Gasteiger partial charge in [-0.2, -0.15) is 5.10 Å². The van der Waals surface area contributed by atoms with Gasteiger partial charge in [0.15, 0.2) is 0 Å². The molecule has 0 aliphatic carbocycles. The van der Waals surface area contributed by atoms with Crippen LogP contribution in [0, 0.1) is 0 Å². The molecular weight excluding hydrogens is 462 g/mol. The number of ether oxygens (including phenoxy) is 1. The van der Waals surface area contributed by atoms with Crippen LogP contribution in [0.1, 0.15) is 78.3 Å². The third kappa shape index (κ3) is 4.59. The number of hydrogen-bond acceptors (Lipinski definition) is 6. The van der Waals surface area contributed by atoms with Crippen LogP contribution in [0.25, 0.3) is 0 Å². The second-order valence-corrected chi connectivity index (χ2v) is 9.98. The highest BCUT2D eigenvalue weighted by Gasteiger charge is 2.39. The first-order valence-corrected chi connectivity index (χ1v) is 12.6. The van der Waals surface area contributed by atoms with E-state index in [9.17, 15) is 19.2 Å². The number of carbonyl (C=O) groups is 4. The molecule has 2 atom stereocenters. The molecule has 3 aliphatic rings. The fourth-order valence-electron chi connectivity index (χ4n) is 5.17. The average Bonchev–Trinajstić information content (AvgIpc) is 3.48. The van der Waals surface area contributed by atoms with Crippen molar-refractivity contribution in [2.75, 3.05) is 13.2 Å². The van der Waals surface area contributed by atoms with Crippen LogP contribution >= 0.6 is 0 Å². The van der Waals surface area contributed by atoms with Crippen LogP contribution in [0.4, 0.5) is 0 Å². The third-order valence-electron chi connectivity index (χ3n) is 7.20. The minimum Gasteiger partial charge on any atom is -0.491 e. The van der Waals surface area contributed by atoms with Crippen LogP contribution in [0.2, 0.25) is 0 Å². The van der Waals surface area contributed by atoms with Crippen molar-refractivity contribution in [3.63, 3.8) is 0 Å². The van der Waals surface area contributed by atoms with Gasteiger partial charge in [-0.05, 0) is 63.3 Å². The van der Waals surface area contributed by atoms with Gasteiger partial charge < -0.3 is 14.5 Å². The molecule has 2 fully saturated rings. The molecule has 1 aromatic carbocycles. The largest absolute Gasteiger partial charge is 0.491 e. The van der Waals surface area contributed by atoms with Crippen LogP contribution in [0.15, 0.2) is 30.6 Å². The minimum absolute atomic E-state index is 0.0327. The second kappa shape index (κ2) is 9.75. The third-order valence-corrected chi connectivity index (χ3v) is 7.20. The van der Waals surface area contributed by atoms with Crippen LogP contribution in [-0.4, -0.2) is 68.4 Å². The van der Waals surface area contributed by atoms with Gasteiger partial charge in [-0.1, -0.05) is 0 Å². The van der Waals surface area contributed by atoms with E-state index in [1.54, 1.807) is 29.2 Å². The predicted octanol–water partition coefficient (Wildman–Crippen LogP) is 2.30. The Kier molecular flexibility index (Phi) is 6.51. The highest BCUT2D eigenvalue weighted by atomic mass is 16.5. The van der Waals surface area contributed by atoms with Crippen molar-refractivity contribution in [2.45, 2.75) is 70.6 Å². The van der Waals surface area contributed by atoms with Gasteiger partial charge in [0.25, 0.3) is 11.8 Å². The number of piperidine rings is 2. The average molecular weight is 494 g/mol. The van der Waals surface area contributed by atoms with Crippen molar-refractivity contribution in [3.8, 4) is 5.75 Å². The lowest BCUT2D eigenvalue weighted by Gasteiger charge is -2.35. The van der Waals surface area contributed by atoms with Crippen LogP contribution in [-0.2, 0) is 16.1 Å². The number of nitrogens with one attached hydrogen (secondary N) is 1. The van der Waals surface area contributed by atoms with E-state index in [-0.39, 0.29) is 36.2 Å². The number of benzene rings is 1. The van der Waals surface area contributed by atoms with Gasteiger partial charge in [-0.25, -0.2) is 0 Å². The summed E-state index contributed by atoms with van der Waals surface area (Å²) in [4.78, 5) is 53.3. The van der Waals surface area contributed by atoms with Gasteiger partial charge in [0, 0.05) is 37.3 Å². The molecule has 4 heterocycles. The molecule has 0 saturated carbocycles. The van der Waals surface area contributed by atoms with Gasteiger partial charge in [-0.3, -0.25) is 29.2 Å². The van der Waals surface area contributed by atoms with E-state index in [2.05, 4.69) is 10.4 Å². The topological polar surface area (TPSA) is 114 Å². The summed E-state index contributed by atoms with van der Waals surface area (Å²) in [7, 11) is 0. The monoisotopic (exact) mass is 493 g/mol. The van der Waals surface area contributed by atoms with E-state index in [0.29, 0.717) is 43.0 Å². The standard InChI is InChI=1S/C26H31N5O5/c1-16(2)31-14-18(12-27-31)25(34)29-10-4-3-5-19(29)15-36-20-6-7-21-17(11-20)13-30(26(21)35)22-8-9-23(32)28-24(22)33/h6-7,11-12,14,16,19,22H,3-5,8-10,13,15H2,1-2H3,(H,28,32,33)/t19-,22?/m0/s1. The van der Waals surface area contributed by atoms with E-state index in [1.807, 2.05) is 24.8 Å². The molecule has 2 saturated heterocycles. The molecule has 0 bridgehead atoms. The minimum atomic E-state index is -0.645. The first-order valence-electron chi connectivity index (χ1n) is 12.6. The van der Waals surface area contributed by atoms with Gasteiger partial charge in [0.05, 0.1) is 17.8 Å². The second-order valence-electron chi connectivity index (χ2n) is 9.98. The van der Waals surface area contributed by atoms with Crippen molar-refractivity contribution < 1.29 is 23.9 Å². The Labute approximate surface area is 209 Å². The quantitative estimate of drug-likeness (QED) is 0.618. The Balaban J connectivity index is 1.24. The number of hydrogen-bond donors (Lipinski definition) is 1. The van der Waals surface area contributed by atoms with E-state index >= 15 is 0 Å². The Morgan fingerprint density at radius 2 is 2.03 bits per heavy atom. The summed E-state index contributed by atoms with van der Waals surface area (Å²) >= 11 is 0. The SMILES string of the molecule is CC(C)n1cc(C(=O)N2CCCC[C@H]2COc2ccc3c(c2)CN(C2CCC(=O)NC2=O)C3=O)cn1. The zero-order chi connectivity index (χ0) is 25.4. The molecule has 1 aromatic heterocycles. The van der Waals surface area contributed by atoms with E-state index in [4.69, 9.17) is 4.74 Å². The van der Waals surface area contributed by atoms with Crippen molar-refractivity contribution >= 4 is 23.6 Å². The zero-order valence-corrected chi connectivity index (χ0v) is 20.6. The maximum Gasteiger partial charge on any atom is 0.257 e. The molecule has 4 amide bonds. The summed E-state index contributed by atoms with van der Waals surface area (Å²) in [5.41, 5.74) is 1.92. The molecule has 5 rings (SSSR count). The Hall–Kier alpha value is -3.69. The molecular formula is C26H31N5O5. The number of fused-ring (bicyclic) bond motifs is 1. The number of rotatable bonds is 6. The lowest BCUT2D eigenvalue weighted by atomic mass is 10.0. The van der Waals surface area contributed by atoms with E-state index in [1.165, 1.54) is 4.90 Å². The van der Waals surface area contributed by atoms with Gasteiger partial charge in [-0.15, -0.1) is 0 Å². The van der Waals surface area contributed by atoms with E-state index < -0.39 is 11.9 Å². The summed E-state index contributed by atoms with van der Waals surface area (Å²) < 4.78 is 7.90. The van der Waals surface area contributed by atoms with E-state index in [0.717, 1.165) is 24.8 Å². The first kappa shape index (κ1) is 24.0. The fourth-order valence-corrected chi connectivity index (χ4v) is 5.17. The number of aromatic nitrogens is 2. The molecule has 3 aliphatic heterocycles. The van der Waals surface area contributed by atoms with Crippen molar-refractivity contribution in [1.29, 1.82) is 0 Å². The summed E-state index contributed by atoms with van der Waals surface area (Å²) in [6.45, 7) is 5.37. The molecule has 10 nitrogen and oxygen atoms in total. The van der Waals surface area contributed by atoms with Gasteiger partial charge in [0.2, 0.25) is 11.8 Å². The predicted molar refractivity (Wildman–Crippen MR) is 129 cm³/mol. The van der Waals surface area contributed by atoms with Crippen molar-refractivity contribution in [1.82, 2.24) is 24.9 Å². The van der Waals surface area contributed by atoms with Crippen LogP contribution in [0.3, 0.4) is 0 Å². The molecule has 36 heavy (non-hydrogen) atoms. The number of likely N-dealkylation sites (tertiary alicyclic amines) is 1. The van der Waals surface area contributed by atoms with Gasteiger partial charge >= 0.3 is 0 Å². The maximum absolute atomic E-state index is 13.2. The van der Waals surface area contributed by atoms with Crippen molar-refractivity contribution in [2.24, 2.45) is 0 Å². The van der Waals surface area contributed by atoms with Crippen LogP contribution < -0.4 is 10.1 Å². The number of carbonyl (C=O) groups excluding carboxylic acids is 4. The number of amides is 4. The molecule has 10 heteroatoms. The molecule has 190 valence electrons. The van der Waals surface area contributed by atoms with Gasteiger partial charge in [0.1, 0.15) is 18.4 Å². The Bertz CT molecular complexity index is 1210. The lowest BCUT2D eigenvalue weighted by Crippen LogP contribution is -2.52. The number of nitrogens with zero attached hydrogens (tertiary/aromatic N) is 4.